The standard InChI is InChI=1S/C11H14IN3O2/c1-2-17-11(16)9-4-3-5-15(9)10-8(12)6-13-7-14-10/h6-7,9H,2-5H2,1H3. The normalized spacial score (nSPS) is 19.4. The molecule has 0 amide bonds. The van der Waals surface area contributed by atoms with E-state index in [-0.39, 0.29) is 12.0 Å². The number of esters is 1. The Kier molecular flexibility index (Phi) is 4.14. The second-order valence-corrected chi connectivity index (χ2v) is 4.96. The molecule has 1 aliphatic heterocycles. The van der Waals surface area contributed by atoms with Gasteiger partial charge in [0, 0.05) is 12.7 Å². The summed E-state index contributed by atoms with van der Waals surface area (Å²) in [6, 6.07) is -0.196. The van der Waals surface area contributed by atoms with E-state index in [2.05, 4.69) is 32.6 Å². The lowest BCUT2D eigenvalue weighted by molar-refractivity contribution is -0.144. The maximum absolute atomic E-state index is 11.8. The molecule has 1 aliphatic rings. The van der Waals surface area contributed by atoms with Crippen LogP contribution in [0.3, 0.4) is 0 Å². The van der Waals surface area contributed by atoms with Crippen LogP contribution in [-0.4, -0.2) is 35.1 Å². The van der Waals surface area contributed by atoms with E-state index in [0.717, 1.165) is 28.8 Å². The highest BCUT2D eigenvalue weighted by Gasteiger charge is 2.33. The SMILES string of the molecule is CCOC(=O)C1CCCN1c1ncncc1I. The van der Waals surface area contributed by atoms with Crippen molar-refractivity contribution < 1.29 is 9.53 Å². The molecule has 2 heterocycles. The fourth-order valence-corrected chi connectivity index (χ4v) is 2.63. The zero-order chi connectivity index (χ0) is 12.3. The number of halogens is 1. The molecule has 0 spiro atoms. The van der Waals surface area contributed by atoms with E-state index in [4.69, 9.17) is 4.74 Å². The monoisotopic (exact) mass is 347 g/mol. The molecule has 0 bridgehead atoms. The molecule has 6 heteroatoms. The summed E-state index contributed by atoms with van der Waals surface area (Å²) in [5.74, 6) is 0.676. The summed E-state index contributed by atoms with van der Waals surface area (Å²) >= 11 is 2.19. The van der Waals surface area contributed by atoms with E-state index >= 15 is 0 Å². The summed E-state index contributed by atoms with van der Waals surface area (Å²) in [6.07, 6.45) is 5.09. The van der Waals surface area contributed by atoms with Gasteiger partial charge in [-0.3, -0.25) is 0 Å². The van der Waals surface area contributed by atoms with Crippen molar-refractivity contribution in [3.05, 3.63) is 16.1 Å². The molecule has 1 fully saturated rings. The summed E-state index contributed by atoms with van der Waals surface area (Å²) in [5.41, 5.74) is 0. The van der Waals surface area contributed by atoms with Gasteiger partial charge in [-0.1, -0.05) is 0 Å². The van der Waals surface area contributed by atoms with Crippen LogP contribution in [0.2, 0.25) is 0 Å². The largest absolute Gasteiger partial charge is 0.464 e. The number of hydrogen-bond donors (Lipinski definition) is 0. The predicted molar refractivity (Wildman–Crippen MR) is 71.8 cm³/mol. The van der Waals surface area contributed by atoms with E-state index in [0.29, 0.717) is 6.61 Å². The van der Waals surface area contributed by atoms with Gasteiger partial charge in [-0.2, -0.15) is 0 Å². The molecule has 1 atom stereocenters. The van der Waals surface area contributed by atoms with Crippen molar-refractivity contribution in [3.8, 4) is 0 Å². The summed E-state index contributed by atoms with van der Waals surface area (Å²) in [5, 5.41) is 0. The highest BCUT2D eigenvalue weighted by molar-refractivity contribution is 14.1. The minimum Gasteiger partial charge on any atom is -0.464 e. The van der Waals surface area contributed by atoms with Crippen LogP contribution in [0.5, 0.6) is 0 Å². The first-order chi connectivity index (χ1) is 8.24. The Hall–Kier alpha value is -0.920. The van der Waals surface area contributed by atoms with E-state index in [1.807, 2.05) is 11.8 Å². The average molecular weight is 347 g/mol. The molecule has 0 radical (unpaired) electrons. The van der Waals surface area contributed by atoms with Gasteiger partial charge < -0.3 is 9.64 Å². The smallest absolute Gasteiger partial charge is 0.328 e. The second-order valence-electron chi connectivity index (χ2n) is 3.80. The van der Waals surface area contributed by atoms with Crippen LogP contribution >= 0.6 is 22.6 Å². The summed E-state index contributed by atoms with van der Waals surface area (Å²) < 4.78 is 6.05. The van der Waals surface area contributed by atoms with Crippen LogP contribution in [0.15, 0.2) is 12.5 Å². The maximum atomic E-state index is 11.8. The topological polar surface area (TPSA) is 55.3 Å². The fraction of sp³-hybridized carbons (Fsp3) is 0.545. The molecule has 0 aromatic carbocycles. The van der Waals surface area contributed by atoms with Gasteiger partial charge in [0.2, 0.25) is 0 Å². The van der Waals surface area contributed by atoms with Gasteiger partial charge in [0.25, 0.3) is 0 Å². The van der Waals surface area contributed by atoms with Crippen molar-refractivity contribution >= 4 is 34.4 Å². The van der Waals surface area contributed by atoms with Crippen LogP contribution < -0.4 is 4.90 Å². The third-order valence-corrected chi connectivity index (χ3v) is 3.49. The number of hydrogen-bond acceptors (Lipinski definition) is 5. The van der Waals surface area contributed by atoms with Gasteiger partial charge in [-0.15, -0.1) is 0 Å². The lowest BCUT2D eigenvalue weighted by atomic mass is 10.2. The number of carbonyl (C=O) groups excluding carboxylic acids is 1. The van der Waals surface area contributed by atoms with Crippen molar-refractivity contribution in [1.82, 2.24) is 9.97 Å². The Morgan fingerprint density at radius 1 is 1.71 bits per heavy atom. The molecule has 1 aromatic heterocycles. The third-order valence-electron chi connectivity index (χ3n) is 2.73. The van der Waals surface area contributed by atoms with Gasteiger partial charge in [-0.05, 0) is 42.4 Å². The zero-order valence-corrected chi connectivity index (χ0v) is 11.8. The van der Waals surface area contributed by atoms with Crippen molar-refractivity contribution in [3.63, 3.8) is 0 Å². The lowest BCUT2D eigenvalue weighted by Crippen LogP contribution is -2.38. The highest BCUT2D eigenvalue weighted by Crippen LogP contribution is 2.27. The Morgan fingerprint density at radius 3 is 3.24 bits per heavy atom. The maximum Gasteiger partial charge on any atom is 0.328 e. The first kappa shape index (κ1) is 12.5. The van der Waals surface area contributed by atoms with E-state index in [1.165, 1.54) is 6.33 Å². The van der Waals surface area contributed by atoms with Crippen molar-refractivity contribution in [2.24, 2.45) is 0 Å². The highest BCUT2D eigenvalue weighted by atomic mass is 127. The molecular formula is C11H14IN3O2. The van der Waals surface area contributed by atoms with Gasteiger partial charge in [0.15, 0.2) is 0 Å². The number of carbonyl (C=O) groups is 1. The Balaban J connectivity index is 2.20. The fourth-order valence-electron chi connectivity index (χ4n) is 2.02. The molecule has 17 heavy (non-hydrogen) atoms. The van der Waals surface area contributed by atoms with Gasteiger partial charge in [0.05, 0.1) is 10.2 Å². The van der Waals surface area contributed by atoms with E-state index in [1.54, 1.807) is 6.20 Å². The lowest BCUT2D eigenvalue weighted by Gasteiger charge is -2.24. The zero-order valence-electron chi connectivity index (χ0n) is 9.60. The average Bonchev–Trinajstić information content (AvgIpc) is 2.79. The van der Waals surface area contributed by atoms with Crippen LogP contribution in [0.1, 0.15) is 19.8 Å². The van der Waals surface area contributed by atoms with Gasteiger partial charge in [-0.25, -0.2) is 14.8 Å². The van der Waals surface area contributed by atoms with Crippen LogP contribution in [0, 0.1) is 3.57 Å². The number of anilines is 1. The minimum atomic E-state index is -0.196. The van der Waals surface area contributed by atoms with Crippen molar-refractivity contribution in [1.29, 1.82) is 0 Å². The minimum absolute atomic E-state index is 0.153. The summed E-state index contributed by atoms with van der Waals surface area (Å²) in [6.45, 7) is 3.09. The second kappa shape index (κ2) is 5.61. The number of ether oxygens (including phenoxy) is 1. The van der Waals surface area contributed by atoms with E-state index in [9.17, 15) is 4.79 Å². The summed E-state index contributed by atoms with van der Waals surface area (Å²) in [4.78, 5) is 22.1. The number of nitrogens with zero attached hydrogens (tertiary/aromatic N) is 3. The van der Waals surface area contributed by atoms with Crippen molar-refractivity contribution in [2.75, 3.05) is 18.1 Å². The summed E-state index contributed by atoms with van der Waals surface area (Å²) in [7, 11) is 0. The van der Waals surface area contributed by atoms with E-state index < -0.39 is 0 Å². The van der Waals surface area contributed by atoms with Gasteiger partial charge in [0.1, 0.15) is 18.2 Å². The Labute approximate surface area is 114 Å². The molecule has 0 aliphatic carbocycles. The Bertz CT molecular complexity index is 413. The number of rotatable bonds is 3. The molecule has 2 rings (SSSR count). The molecule has 1 unspecified atom stereocenters. The third kappa shape index (κ3) is 2.67. The predicted octanol–water partition coefficient (Wildman–Crippen LogP) is 1.61. The first-order valence-electron chi connectivity index (χ1n) is 5.62. The molecule has 5 nitrogen and oxygen atoms in total. The quantitative estimate of drug-likeness (QED) is 0.614. The molecular weight excluding hydrogens is 333 g/mol. The molecule has 0 saturated carbocycles. The van der Waals surface area contributed by atoms with Gasteiger partial charge >= 0.3 is 5.97 Å². The molecule has 1 saturated heterocycles. The van der Waals surface area contributed by atoms with Crippen LogP contribution in [-0.2, 0) is 9.53 Å². The molecule has 92 valence electrons. The van der Waals surface area contributed by atoms with Crippen LogP contribution in [0.4, 0.5) is 5.82 Å². The Morgan fingerprint density at radius 2 is 2.53 bits per heavy atom. The number of aromatic nitrogens is 2. The van der Waals surface area contributed by atoms with Crippen molar-refractivity contribution in [2.45, 2.75) is 25.8 Å². The molecule has 1 aromatic rings. The molecule has 0 N–H and O–H groups in total. The van der Waals surface area contributed by atoms with Crippen LogP contribution in [0.25, 0.3) is 0 Å². The first-order valence-corrected chi connectivity index (χ1v) is 6.70.